The van der Waals surface area contributed by atoms with Gasteiger partial charge < -0.3 is 9.84 Å². The Bertz CT molecular complexity index is 407. The van der Waals surface area contributed by atoms with Crippen LogP contribution in [-0.2, 0) is 11.2 Å². The summed E-state index contributed by atoms with van der Waals surface area (Å²) in [5.41, 5.74) is 1.05. The van der Waals surface area contributed by atoms with E-state index >= 15 is 0 Å². The first kappa shape index (κ1) is 11.1. The molecule has 0 radical (unpaired) electrons. The van der Waals surface area contributed by atoms with Crippen LogP contribution in [0, 0.1) is 11.3 Å². The molecule has 1 rings (SSSR count). The standard InChI is InChI=1S/C11H11NO3/c1-2-15-10-5-8(6-11(13)14)3-4-9(10)7-12/h3-5H,2,6H2,1H3,(H,13,14). The largest absolute Gasteiger partial charge is 0.492 e. The number of carboxylic acids is 1. The van der Waals surface area contributed by atoms with Gasteiger partial charge in [-0.3, -0.25) is 4.79 Å². The van der Waals surface area contributed by atoms with Crippen LogP contribution in [0.15, 0.2) is 18.2 Å². The van der Waals surface area contributed by atoms with Gasteiger partial charge in [0, 0.05) is 0 Å². The SMILES string of the molecule is CCOc1cc(CC(=O)O)ccc1C#N. The fourth-order valence-corrected chi connectivity index (χ4v) is 1.22. The molecule has 0 amide bonds. The third-order valence-corrected chi connectivity index (χ3v) is 1.82. The van der Waals surface area contributed by atoms with E-state index in [1.165, 1.54) is 0 Å². The maximum Gasteiger partial charge on any atom is 0.307 e. The molecule has 0 atom stereocenters. The highest BCUT2D eigenvalue weighted by Crippen LogP contribution is 2.20. The van der Waals surface area contributed by atoms with Gasteiger partial charge in [-0.1, -0.05) is 6.07 Å². The zero-order valence-corrected chi connectivity index (χ0v) is 8.36. The number of nitriles is 1. The lowest BCUT2D eigenvalue weighted by atomic mass is 10.1. The first-order valence-corrected chi connectivity index (χ1v) is 4.55. The van der Waals surface area contributed by atoms with Crippen LogP contribution in [0.3, 0.4) is 0 Å². The van der Waals surface area contributed by atoms with Gasteiger partial charge in [0.05, 0.1) is 18.6 Å². The van der Waals surface area contributed by atoms with Crippen LogP contribution in [-0.4, -0.2) is 17.7 Å². The van der Waals surface area contributed by atoms with E-state index in [0.29, 0.717) is 23.5 Å². The minimum Gasteiger partial charge on any atom is -0.492 e. The lowest BCUT2D eigenvalue weighted by Crippen LogP contribution is -2.01. The van der Waals surface area contributed by atoms with Crippen LogP contribution < -0.4 is 4.74 Å². The molecule has 4 heteroatoms. The zero-order valence-electron chi connectivity index (χ0n) is 8.36. The van der Waals surface area contributed by atoms with E-state index in [-0.39, 0.29) is 6.42 Å². The van der Waals surface area contributed by atoms with E-state index in [1.807, 2.05) is 13.0 Å². The second-order valence-corrected chi connectivity index (χ2v) is 2.95. The Morgan fingerprint density at radius 2 is 2.33 bits per heavy atom. The topological polar surface area (TPSA) is 70.3 Å². The highest BCUT2D eigenvalue weighted by molar-refractivity contribution is 5.70. The van der Waals surface area contributed by atoms with Crippen molar-refractivity contribution in [2.45, 2.75) is 13.3 Å². The summed E-state index contributed by atoms with van der Waals surface area (Å²) in [6.45, 7) is 2.26. The third-order valence-electron chi connectivity index (χ3n) is 1.82. The number of carboxylic acid groups (broad SMARTS) is 1. The molecule has 0 saturated carbocycles. The fraction of sp³-hybridized carbons (Fsp3) is 0.273. The number of benzene rings is 1. The average molecular weight is 205 g/mol. The molecule has 4 nitrogen and oxygen atoms in total. The Morgan fingerprint density at radius 1 is 1.60 bits per heavy atom. The summed E-state index contributed by atoms with van der Waals surface area (Å²) >= 11 is 0. The molecule has 78 valence electrons. The number of hydrogen-bond donors (Lipinski definition) is 1. The monoisotopic (exact) mass is 205 g/mol. The highest BCUT2D eigenvalue weighted by Gasteiger charge is 2.06. The summed E-state index contributed by atoms with van der Waals surface area (Å²) in [4.78, 5) is 10.5. The van der Waals surface area contributed by atoms with Gasteiger partial charge in [0.25, 0.3) is 0 Å². The van der Waals surface area contributed by atoms with Crippen LogP contribution in [0.25, 0.3) is 0 Å². The molecule has 1 aromatic carbocycles. The van der Waals surface area contributed by atoms with Crippen LogP contribution >= 0.6 is 0 Å². The molecule has 1 N–H and O–H groups in total. The zero-order chi connectivity index (χ0) is 11.3. The smallest absolute Gasteiger partial charge is 0.307 e. The second-order valence-electron chi connectivity index (χ2n) is 2.95. The number of nitrogens with zero attached hydrogens (tertiary/aromatic N) is 1. The number of hydrogen-bond acceptors (Lipinski definition) is 3. The Hall–Kier alpha value is -2.02. The summed E-state index contributed by atoms with van der Waals surface area (Å²) in [5.74, 6) is -0.457. The van der Waals surface area contributed by atoms with E-state index in [4.69, 9.17) is 15.1 Å². The predicted molar refractivity (Wildman–Crippen MR) is 53.7 cm³/mol. The Kier molecular flexibility index (Phi) is 3.69. The normalized spacial score (nSPS) is 9.33. The molecule has 0 bridgehead atoms. The molecule has 0 aliphatic heterocycles. The van der Waals surface area contributed by atoms with Crippen LogP contribution in [0.2, 0.25) is 0 Å². The second kappa shape index (κ2) is 5.01. The molecule has 0 heterocycles. The molecule has 0 spiro atoms. The van der Waals surface area contributed by atoms with Crippen molar-refractivity contribution in [3.8, 4) is 11.8 Å². The minimum absolute atomic E-state index is 0.0637. The first-order chi connectivity index (χ1) is 7.17. The third kappa shape index (κ3) is 2.99. The van der Waals surface area contributed by atoms with Gasteiger partial charge in [-0.05, 0) is 24.6 Å². The number of aliphatic carboxylic acids is 1. The minimum atomic E-state index is -0.901. The van der Waals surface area contributed by atoms with Crippen molar-refractivity contribution >= 4 is 5.97 Å². The molecule has 0 aromatic heterocycles. The molecule has 0 aliphatic carbocycles. The molecule has 0 fully saturated rings. The van der Waals surface area contributed by atoms with E-state index in [2.05, 4.69) is 0 Å². The highest BCUT2D eigenvalue weighted by atomic mass is 16.5. The van der Waals surface area contributed by atoms with Crippen LogP contribution in [0.5, 0.6) is 5.75 Å². The Morgan fingerprint density at radius 3 is 2.87 bits per heavy atom. The number of carbonyl (C=O) groups is 1. The van der Waals surface area contributed by atoms with Crippen molar-refractivity contribution in [1.29, 1.82) is 5.26 Å². The van der Waals surface area contributed by atoms with Gasteiger partial charge in [-0.2, -0.15) is 5.26 Å². The van der Waals surface area contributed by atoms with E-state index in [0.717, 1.165) is 0 Å². The summed E-state index contributed by atoms with van der Waals surface area (Å²) in [5, 5.41) is 17.4. The van der Waals surface area contributed by atoms with Crippen molar-refractivity contribution < 1.29 is 14.6 Å². The van der Waals surface area contributed by atoms with Crippen molar-refractivity contribution in [3.05, 3.63) is 29.3 Å². The molecule has 0 aliphatic rings. The lowest BCUT2D eigenvalue weighted by Gasteiger charge is -2.06. The fourth-order valence-electron chi connectivity index (χ4n) is 1.22. The van der Waals surface area contributed by atoms with Crippen molar-refractivity contribution in [2.24, 2.45) is 0 Å². The first-order valence-electron chi connectivity index (χ1n) is 4.55. The predicted octanol–water partition coefficient (Wildman–Crippen LogP) is 1.58. The lowest BCUT2D eigenvalue weighted by molar-refractivity contribution is -0.136. The Labute approximate surface area is 87.7 Å². The maximum atomic E-state index is 10.5. The van der Waals surface area contributed by atoms with E-state index in [9.17, 15) is 4.79 Å². The average Bonchev–Trinajstić information content (AvgIpc) is 2.18. The quantitative estimate of drug-likeness (QED) is 0.810. The van der Waals surface area contributed by atoms with Gasteiger partial charge in [-0.15, -0.1) is 0 Å². The van der Waals surface area contributed by atoms with Crippen molar-refractivity contribution in [1.82, 2.24) is 0 Å². The van der Waals surface area contributed by atoms with Gasteiger partial charge >= 0.3 is 5.97 Å². The molecule has 0 unspecified atom stereocenters. The molecule has 1 aromatic rings. The molecular weight excluding hydrogens is 194 g/mol. The summed E-state index contributed by atoms with van der Waals surface area (Å²) in [6.07, 6.45) is -0.0637. The van der Waals surface area contributed by atoms with Crippen LogP contribution in [0.1, 0.15) is 18.1 Å². The van der Waals surface area contributed by atoms with Gasteiger partial charge in [0.1, 0.15) is 11.8 Å². The van der Waals surface area contributed by atoms with Crippen molar-refractivity contribution in [2.75, 3.05) is 6.61 Å². The van der Waals surface area contributed by atoms with E-state index < -0.39 is 5.97 Å². The van der Waals surface area contributed by atoms with Gasteiger partial charge in [0.2, 0.25) is 0 Å². The summed E-state index contributed by atoms with van der Waals surface area (Å²) in [6, 6.07) is 6.77. The number of ether oxygens (including phenoxy) is 1. The van der Waals surface area contributed by atoms with Gasteiger partial charge in [-0.25, -0.2) is 0 Å². The molecule has 0 saturated heterocycles. The van der Waals surface area contributed by atoms with Crippen molar-refractivity contribution in [3.63, 3.8) is 0 Å². The van der Waals surface area contributed by atoms with Gasteiger partial charge in [0.15, 0.2) is 0 Å². The summed E-state index contributed by atoms with van der Waals surface area (Å²) in [7, 11) is 0. The molecular formula is C11H11NO3. The number of rotatable bonds is 4. The van der Waals surface area contributed by atoms with Crippen LogP contribution in [0.4, 0.5) is 0 Å². The Balaban J connectivity index is 3.00. The molecule has 15 heavy (non-hydrogen) atoms. The van der Waals surface area contributed by atoms with E-state index in [1.54, 1.807) is 18.2 Å². The summed E-state index contributed by atoms with van der Waals surface area (Å²) < 4.78 is 5.23. The maximum absolute atomic E-state index is 10.5.